The van der Waals surface area contributed by atoms with Gasteiger partial charge in [0.15, 0.2) is 23.2 Å². The molecular formula is C28H26F4O3. The van der Waals surface area contributed by atoms with Gasteiger partial charge in [-0.1, -0.05) is 42.0 Å². The maximum absolute atomic E-state index is 14.7. The summed E-state index contributed by atoms with van der Waals surface area (Å²) >= 11 is 0. The van der Waals surface area contributed by atoms with Gasteiger partial charge >= 0.3 is 5.97 Å². The van der Waals surface area contributed by atoms with Crippen LogP contribution in [0.5, 0.6) is 5.75 Å². The Morgan fingerprint density at radius 1 is 0.829 bits per heavy atom. The third-order valence-electron chi connectivity index (χ3n) is 6.43. The van der Waals surface area contributed by atoms with E-state index in [1.54, 1.807) is 31.2 Å². The number of hydrogen-bond acceptors (Lipinski definition) is 3. The minimum absolute atomic E-state index is 0.0594. The van der Waals surface area contributed by atoms with Crippen molar-refractivity contribution in [2.45, 2.75) is 51.6 Å². The van der Waals surface area contributed by atoms with Gasteiger partial charge in [0.2, 0.25) is 5.82 Å². The lowest BCUT2D eigenvalue weighted by atomic mass is 9.82. The van der Waals surface area contributed by atoms with E-state index in [9.17, 15) is 22.4 Å². The van der Waals surface area contributed by atoms with Crippen LogP contribution in [0.1, 0.15) is 60.0 Å². The molecule has 0 aromatic heterocycles. The Balaban J connectivity index is 1.41. The Labute approximate surface area is 201 Å². The molecule has 1 aliphatic carbocycles. The lowest BCUT2D eigenvalue weighted by Gasteiger charge is -2.29. The summed E-state index contributed by atoms with van der Waals surface area (Å²) < 4.78 is 68.7. The van der Waals surface area contributed by atoms with Gasteiger partial charge in [-0.15, -0.1) is 0 Å². The molecule has 0 spiro atoms. The number of esters is 1. The van der Waals surface area contributed by atoms with Crippen LogP contribution in [-0.4, -0.2) is 18.7 Å². The van der Waals surface area contributed by atoms with Crippen molar-refractivity contribution in [2.24, 2.45) is 0 Å². The summed E-state index contributed by atoms with van der Waals surface area (Å²) in [6.07, 6.45) is 1.21. The Morgan fingerprint density at radius 3 is 2.17 bits per heavy atom. The van der Waals surface area contributed by atoms with Crippen molar-refractivity contribution in [3.8, 4) is 16.9 Å². The van der Waals surface area contributed by atoms with Gasteiger partial charge in [0, 0.05) is 5.56 Å². The summed E-state index contributed by atoms with van der Waals surface area (Å²) in [6, 6.07) is 12.5. The Kier molecular flexibility index (Phi) is 7.43. The van der Waals surface area contributed by atoms with Crippen molar-refractivity contribution in [1.29, 1.82) is 0 Å². The lowest BCUT2D eigenvalue weighted by molar-refractivity contribution is 0.0188. The summed E-state index contributed by atoms with van der Waals surface area (Å²) in [5.74, 6) is -5.61. The maximum atomic E-state index is 14.7. The molecule has 184 valence electrons. The Morgan fingerprint density at radius 2 is 1.51 bits per heavy atom. The number of rotatable bonds is 6. The van der Waals surface area contributed by atoms with Crippen LogP contribution >= 0.6 is 0 Å². The van der Waals surface area contributed by atoms with Gasteiger partial charge in [0.1, 0.15) is 6.10 Å². The van der Waals surface area contributed by atoms with E-state index in [0.717, 1.165) is 5.56 Å². The molecule has 1 aliphatic rings. The molecule has 0 saturated heterocycles. The highest BCUT2D eigenvalue weighted by Gasteiger charge is 2.30. The summed E-state index contributed by atoms with van der Waals surface area (Å²) in [6.45, 7) is 3.80. The largest absolute Gasteiger partial charge is 0.491 e. The summed E-state index contributed by atoms with van der Waals surface area (Å²) in [5, 5.41) is 0. The predicted octanol–water partition coefficient (Wildman–Crippen LogP) is 7.50. The first-order valence-corrected chi connectivity index (χ1v) is 11.7. The fraction of sp³-hybridized carbons (Fsp3) is 0.321. The van der Waals surface area contributed by atoms with Gasteiger partial charge in [-0.25, -0.2) is 18.0 Å². The molecule has 0 bridgehead atoms. The second-order valence-corrected chi connectivity index (χ2v) is 8.75. The van der Waals surface area contributed by atoms with Crippen LogP contribution < -0.4 is 4.74 Å². The summed E-state index contributed by atoms with van der Waals surface area (Å²) in [4.78, 5) is 12.6. The fourth-order valence-corrected chi connectivity index (χ4v) is 4.50. The van der Waals surface area contributed by atoms with E-state index in [4.69, 9.17) is 9.47 Å². The van der Waals surface area contributed by atoms with E-state index in [0.29, 0.717) is 31.2 Å². The molecule has 7 heteroatoms. The molecule has 3 aromatic carbocycles. The van der Waals surface area contributed by atoms with Gasteiger partial charge in [0.05, 0.1) is 12.2 Å². The number of aryl methyl sites for hydroxylation is 1. The predicted molar refractivity (Wildman–Crippen MR) is 124 cm³/mol. The number of hydrogen-bond donors (Lipinski definition) is 0. The van der Waals surface area contributed by atoms with Crippen LogP contribution in [0.25, 0.3) is 11.1 Å². The Bertz CT molecular complexity index is 1220. The third kappa shape index (κ3) is 5.19. The standard InChI is InChI=1S/C28H26F4O3/c1-3-34-23-15-14-21(25(30)27(23)32)18-8-10-19(11-9-18)35-28(33)22-13-12-20(24(29)26(22)31)17-6-4-16(2)5-7-17/h4-7,12-15,18-19H,3,8-11H2,1-2H3. The average molecular weight is 487 g/mol. The zero-order chi connectivity index (χ0) is 25.1. The van der Waals surface area contributed by atoms with Gasteiger partial charge in [0.25, 0.3) is 0 Å². The van der Waals surface area contributed by atoms with Crippen LogP contribution in [0.3, 0.4) is 0 Å². The van der Waals surface area contributed by atoms with Crippen LogP contribution in [0.15, 0.2) is 48.5 Å². The smallest absolute Gasteiger partial charge is 0.341 e. The van der Waals surface area contributed by atoms with E-state index < -0.39 is 40.9 Å². The van der Waals surface area contributed by atoms with Crippen molar-refractivity contribution in [3.63, 3.8) is 0 Å². The van der Waals surface area contributed by atoms with Crippen LogP contribution in [0.2, 0.25) is 0 Å². The monoisotopic (exact) mass is 486 g/mol. The van der Waals surface area contributed by atoms with Crippen molar-refractivity contribution in [2.75, 3.05) is 6.61 Å². The minimum Gasteiger partial charge on any atom is -0.491 e. The highest BCUT2D eigenvalue weighted by Crippen LogP contribution is 2.38. The fourth-order valence-electron chi connectivity index (χ4n) is 4.50. The van der Waals surface area contributed by atoms with Gasteiger partial charge in [-0.05, 0) is 68.7 Å². The second kappa shape index (κ2) is 10.5. The molecule has 0 radical (unpaired) electrons. The van der Waals surface area contributed by atoms with Gasteiger partial charge < -0.3 is 9.47 Å². The molecule has 0 unspecified atom stereocenters. The highest BCUT2D eigenvalue weighted by atomic mass is 19.2. The van der Waals surface area contributed by atoms with Crippen molar-refractivity contribution >= 4 is 5.97 Å². The number of carbonyl (C=O) groups excluding carboxylic acids is 1. The van der Waals surface area contributed by atoms with Gasteiger partial charge in [-0.2, -0.15) is 4.39 Å². The number of ether oxygens (including phenoxy) is 2. The zero-order valence-corrected chi connectivity index (χ0v) is 19.5. The van der Waals surface area contributed by atoms with E-state index in [1.165, 1.54) is 24.3 Å². The first-order chi connectivity index (χ1) is 16.8. The maximum Gasteiger partial charge on any atom is 0.341 e. The quantitative estimate of drug-likeness (QED) is 0.267. The SMILES string of the molecule is CCOc1ccc(C2CCC(OC(=O)c3ccc(-c4ccc(C)cc4)c(F)c3F)CC2)c(F)c1F. The minimum atomic E-state index is -1.26. The Hall–Kier alpha value is -3.35. The van der Waals surface area contributed by atoms with E-state index >= 15 is 0 Å². The topological polar surface area (TPSA) is 35.5 Å². The second-order valence-electron chi connectivity index (χ2n) is 8.75. The highest BCUT2D eigenvalue weighted by molar-refractivity contribution is 5.90. The van der Waals surface area contributed by atoms with Crippen molar-refractivity contribution < 1.29 is 31.8 Å². The molecule has 1 saturated carbocycles. The van der Waals surface area contributed by atoms with Crippen LogP contribution in [-0.2, 0) is 4.74 Å². The molecule has 0 aliphatic heterocycles. The number of benzene rings is 3. The molecule has 4 rings (SSSR count). The third-order valence-corrected chi connectivity index (χ3v) is 6.43. The summed E-state index contributed by atoms with van der Waals surface area (Å²) in [7, 11) is 0. The molecule has 0 amide bonds. The molecule has 35 heavy (non-hydrogen) atoms. The molecule has 3 nitrogen and oxygen atoms in total. The average Bonchev–Trinajstić information content (AvgIpc) is 2.85. The van der Waals surface area contributed by atoms with Crippen molar-refractivity contribution in [3.05, 3.63) is 88.5 Å². The molecule has 3 aromatic rings. The zero-order valence-electron chi connectivity index (χ0n) is 19.5. The van der Waals surface area contributed by atoms with Crippen LogP contribution in [0, 0.1) is 30.2 Å². The van der Waals surface area contributed by atoms with E-state index in [-0.39, 0.29) is 29.4 Å². The van der Waals surface area contributed by atoms with Gasteiger partial charge in [-0.3, -0.25) is 0 Å². The van der Waals surface area contributed by atoms with E-state index in [1.807, 2.05) is 6.92 Å². The molecular weight excluding hydrogens is 460 g/mol. The molecule has 0 heterocycles. The molecule has 0 N–H and O–H groups in total. The normalized spacial score (nSPS) is 17.8. The van der Waals surface area contributed by atoms with Crippen LogP contribution in [0.4, 0.5) is 17.6 Å². The first kappa shape index (κ1) is 24.8. The number of carbonyl (C=O) groups is 1. The van der Waals surface area contributed by atoms with E-state index in [2.05, 4.69) is 0 Å². The summed E-state index contributed by atoms with van der Waals surface area (Å²) in [5.41, 5.74) is 1.34. The van der Waals surface area contributed by atoms with Crippen molar-refractivity contribution in [1.82, 2.24) is 0 Å². The lowest BCUT2D eigenvalue weighted by Crippen LogP contribution is -2.25. The molecule has 0 atom stereocenters. The first-order valence-electron chi connectivity index (χ1n) is 11.7. The number of halogens is 4. The molecule has 1 fully saturated rings.